The van der Waals surface area contributed by atoms with Gasteiger partial charge in [-0.15, -0.1) is 10.2 Å². The molecule has 1 atom stereocenters. The third-order valence-corrected chi connectivity index (χ3v) is 4.86. The molecule has 0 saturated carbocycles. The molecule has 2 heterocycles. The molecule has 1 aliphatic rings. The fraction of sp³-hybridized carbons (Fsp3) is 0.467. The number of aromatic nitrogens is 2. The van der Waals surface area contributed by atoms with Gasteiger partial charge in [-0.3, -0.25) is 0 Å². The van der Waals surface area contributed by atoms with Crippen LogP contribution in [0.25, 0.3) is 10.6 Å². The van der Waals surface area contributed by atoms with E-state index in [2.05, 4.69) is 27.8 Å². The van der Waals surface area contributed by atoms with E-state index in [1.54, 1.807) is 0 Å². The molecule has 0 radical (unpaired) electrons. The molecule has 0 amide bonds. The van der Waals surface area contributed by atoms with Crippen LogP contribution in [0.4, 0.5) is 5.13 Å². The number of nitrogens with zero attached hydrogens (tertiary/aromatic N) is 2. The second-order valence-corrected chi connectivity index (χ2v) is 7.17. The van der Waals surface area contributed by atoms with Crippen LogP contribution < -0.4 is 10.6 Å². The zero-order valence-electron chi connectivity index (χ0n) is 12.4. The molecule has 0 aliphatic carbocycles. The van der Waals surface area contributed by atoms with E-state index in [1.165, 1.54) is 11.3 Å². The summed E-state index contributed by atoms with van der Waals surface area (Å²) in [7, 11) is 0. The average molecular weight is 339 g/mol. The molecular weight excluding hydrogens is 320 g/mol. The molecule has 1 aromatic carbocycles. The second kappa shape index (κ2) is 6.91. The number of rotatable bonds is 4. The molecule has 2 aromatic rings. The van der Waals surface area contributed by atoms with Crippen LogP contribution in [0.15, 0.2) is 24.3 Å². The second-order valence-electron chi connectivity index (χ2n) is 5.79. The van der Waals surface area contributed by atoms with Crippen LogP contribution in [0.5, 0.6) is 0 Å². The summed E-state index contributed by atoms with van der Waals surface area (Å²) in [6.45, 7) is 6.33. The summed E-state index contributed by atoms with van der Waals surface area (Å²) in [6.07, 6.45) is 0. The molecular formula is C15H19ClN4OS. The minimum atomic E-state index is 0.0483. The molecule has 0 spiro atoms. The van der Waals surface area contributed by atoms with Gasteiger partial charge in [0.2, 0.25) is 5.13 Å². The van der Waals surface area contributed by atoms with E-state index in [-0.39, 0.29) is 5.41 Å². The summed E-state index contributed by atoms with van der Waals surface area (Å²) < 4.78 is 5.64. The van der Waals surface area contributed by atoms with Crippen LogP contribution in [0.2, 0.25) is 5.02 Å². The normalized spacial score (nSPS) is 22.3. The summed E-state index contributed by atoms with van der Waals surface area (Å²) in [6, 6.07) is 7.68. The van der Waals surface area contributed by atoms with E-state index in [0.717, 1.165) is 48.6 Å². The highest BCUT2D eigenvalue weighted by Crippen LogP contribution is 2.32. The van der Waals surface area contributed by atoms with Crippen molar-refractivity contribution in [2.24, 2.45) is 5.41 Å². The zero-order chi connectivity index (χ0) is 15.4. The van der Waals surface area contributed by atoms with Crippen LogP contribution in [-0.2, 0) is 4.74 Å². The third kappa shape index (κ3) is 3.76. The Morgan fingerprint density at radius 2 is 2.27 bits per heavy atom. The smallest absolute Gasteiger partial charge is 0.206 e. The van der Waals surface area contributed by atoms with Crippen molar-refractivity contribution in [3.05, 3.63) is 29.3 Å². The fourth-order valence-electron chi connectivity index (χ4n) is 2.34. The van der Waals surface area contributed by atoms with Crippen molar-refractivity contribution in [3.63, 3.8) is 0 Å². The first-order valence-electron chi connectivity index (χ1n) is 7.27. The van der Waals surface area contributed by atoms with Crippen molar-refractivity contribution in [2.45, 2.75) is 6.92 Å². The molecule has 5 nitrogen and oxygen atoms in total. The summed E-state index contributed by atoms with van der Waals surface area (Å²) in [5.74, 6) is 0. The Kier molecular flexibility index (Phi) is 4.93. The van der Waals surface area contributed by atoms with Crippen molar-refractivity contribution in [1.29, 1.82) is 0 Å². The van der Waals surface area contributed by atoms with E-state index in [1.807, 2.05) is 24.3 Å². The average Bonchev–Trinajstić information content (AvgIpc) is 2.88. The maximum atomic E-state index is 6.20. The van der Waals surface area contributed by atoms with Crippen LogP contribution in [0.1, 0.15) is 6.92 Å². The molecule has 1 unspecified atom stereocenters. The van der Waals surface area contributed by atoms with E-state index >= 15 is 0 Å². The Hall–Kier alpha value is -1.21. The molecule has 1 aliphatic heterocycles. The van der Waals surface area contributed by atoms with Gasteiger partial charge in [-0.25, -0.2) is 0 Å². The topological polar surface area (TPSA) is 59.1 Å². The van der Waals surface area contributed by atoms with Crippen molar-refractivity contribution >= 4 is 28.1 Å². The van der Waals surface area contributed by atoms with Gasteiger partial charge in [-0.2, -0.15) is 0 Å². The Morgan fingerprint density at radius 1 is 1.41 bits per heavy atom. The maximum absolute atomic E-state index is 6.20. The molecule has 118 valence electrons. The number of ether oxygens (including phenoxy) is 1. The highest BCUT2D eigenvalue weighted by molar-refractivity contribution is 7.18. The zero-order valence-corrected chi connectivity index (χ0v) is 14.0. The predicted molar refractivity (Wildman–Crippen MR) is 90.6 cm³/mol. The third-order valence-electron chi connectivity index (χ3n) is 3.62. The highest BCUT2D eigenvalue weighted by Gasteiger charge is 2.26. The molecule has 22 heavy (non-hydrogen) atoms. The lowest BCUT2D eigenvalue weighted by Gasteiger charge is -2.27. The first kappa shape index (κ1) is 15.7. The summed E-state index contributed by atoms with van der Waals surface area (Å²) in [5.41, 5.74) is 0.965. The minimum Gasteiger partial charge on any atom is -0.379 e. The lowest BCUT2D eigenvalue weighted by molar-refractivity contribution is 0.0861. The van der Waals surface area contributed by atoms with Crippen LogP contribution in [-0.4, -0.2) is 43.0 Å². The Labute approximate surface area is 139 Å². The van der Waals surface area contributed by atoms with E-state index in [9.17, 15) is 0 Å². The van der Waals surface area contributed by atoms with Gasteiger partial charge in [0.15, 0.2) is 5.01 Å². The number of hydrogen-bond donors (Lipinski definition) is 2. The number of anilines is 1. The van der Waals surface area contributed by atoms with Gasteiger partial charge in [0.25, 0.3) is 0 Å². The first-order valence-corrected chi connectivity index (χ1v) is 8.46. The van der Waals surface area contributed by atoms with Gasteiger partial charge < -0.3 is 15.4 Å². The summed E-state index contributed by atoms with van der Waals surface area (Å²) in [4.78, 5) is 0. The monoisotopic (exact) mass is 338 g/mol. The minimum absolute atomic E-state index is 0.0483. The van der Waals surface area contributed by atoms with Crippen molar-refractivity contribution in [2.75, 3.05) is 38.2 Å². The number of hydrogen-bond acceptors (Lipinski definition) is 6. The van der Waals surface area contributed by atoms with Gasteiger partial charge in [-0.1, -0.05) is 48.1 Å². The Balaban J connectivity index is 1.66. The highest BCUT2D eigenvalue weighted by atomic mass is 35.5. The predicted octanol–water partition coefficient (Wildman–Crippen LogP) is 2.90. The Bertz CT molecular complexity index is 626. The standard InChI is InChI=1S/C15H19ClN4OS/c1-15(8-17-6-7-21-10-15)9-18-14-20-19-13(22-14)11-4-2-3-5-12(11)16/h2-5,17H,6-10H2,1H3,(H,18,20). The Morgan fingerprint density at radius 3 is 3.14 bits per heavy atom. The van der Waals surface area contributed by atoms with Gasteiger partial charge in [0.05, 0.1) is 18.2 Å². The molecule has 3 rings (SSSR count). The first-order chi connectivity index (χ1) is 10.7. The van der Waals surface area contributed by atoms with Crippen LogP contribution >= 0.6 is 22.9 Å². The fourth-order valence-corrected chi connectivity index (χ4v) is 3.40. The molecule has 7 heteroatoms. The molecule has 1 aromatic heterocycles. The van der Waals surface area contributed by atoms with Gasteiger partial charge >= 0.3 is 0 Å². The molecule has 1 saturated heterocycles. The van der Waals surface area contributed by atoms with Crippen LogP contribution in [0.3, 0.4) is 0 Å². The molecule has 1 fully saturated rings. The van der Waals surface area contributed by atoms with Crippen molar-refractivity contribution < 1.29 is 4.74 Å². The van der Waals surface area contributed by atoms with E-state index < -0.39 is 0 Å². The largest absolute Gasteiger partial charge is 0.379 e. The SMILES string of the molecule is CC1(CNc2nnc(-c3ccccc3Cl)s2)CNCCOC1. The van der Waals surface area contributed by atoms with Gasteiger partial charge in [-0.05, 0) is 6.07 Å². The van der Waals surface area contributed by atoms with Gasteiger partial charge in [0, 0.05) is 30.6 Å². The number of halogens is 1. The van der Waals surface area contributed by atoms with Gasteiger partial charge in [0.1, 0.15) is 0 Å². The van der Waals surface area contributed by atoms with E-state index in [4.69, 9.17) is 16.3 Å². The van der Waals surface area contributed by atoms with Crippen LogP contribution in [0, 0.1) is 5.41 Å². The number of benzene rings is 1. The van der Waals surface area contributed by atoms with Crippen molar-refractivity contribution in [1.82, 2.24) is 15.5 Å². The quantitative estimate of drug-likeness (QED) is 0.897. The van der Waals surface area contributed by atoms with E-state index in [0.29, 0.717) is 5.02 Å². The van der Waals surface area contributed by atoms with Crippen molar-refractivity contribution in [3.8, 4) is 10.6 Å². The summed E-state index contributed by atoms with van der Waals surface area (Å²) >= 11 is 7.71. The maximum Gasteiger partial charge on any atom is 0.206 e. The number of nitrogens with one attached hydrogen (secondary N) is 2. The summed E-state index contributed by atoms with van der Waals surface area (Å²) in [5, 5.41) is 17.5. The molecule has 2 N–H and O–H groups in total. The lowest BCUT2D eigenvalue weighted by atomic mass is 9.92. The lowest BCUT2D eigenvalue weighted by Crippen LogP contribution is -2.38. The molecule has 0 bridgehead atoms.